The van der Waals surface area contributed by atoms with E-state index in [0.717, 1.165) is 48.2 Å². The summed E-state index contributed by atoms with van der Waals surface area (Å²) in [6, 6.07) is 12.8. The zero-order valence-electron chi connectivity index (χ0n) is 15.7. The molecule has 1 atom stereocenters. The van der Waals surface area contributed by atoms with Crippen LogP contribution >= 0.6 is 0 Å². The zero-order valence-corrected chi connectivity index (χ0v) is 16.5. The number of carbonyl (C=O) groups excluding carboxylic acids is 1. The summed E-state index contributed by atoms with van der Waals surface area (Å²) in [4.78, 5) is 13.9. The molecule has 27 heavy (non-hydrogen) atoms. The Hall–Kier alpha value is -2.34. The van der Waals surface area contributed by atoms with Crippen LogP contribution in [0.25, 0.3) is 0 Å². The van der Waals surface area contributed by atoms with E-state index < -0.39 is 10.0 Å². The number of rotatable bonds is 2. The number of anilines is 2. The Balaban J connectivity index is 1.78. The van der Waals surface area contributed by atoms with Gasteiger partial charge in [-0.3, -0.25) is 9.10 Å². The average molecular weight is 385 g/mol. The highest BCUT2D eigenvalue weighted by atomic mass is 32.2. The second-order valence-corrected chi connectivity index (χ2v) is 9.20. The third-order valence-electron chi connectivity index (χ3n) is 5.57. The molecular weight excluding hydrogens is 360 g/mol. The van der Waals surface area contributed by atoms with Crippen LogP contribution in [-0.4, -0.2) is 26.9 Å². The Labute approximate surface area is 160 Å². The lowest BCUT2D eigenvalue weighted by molar-refractivity contribution is -0.116. The molecule has 0 aliphatic carbocycles. The standard InChI is InChI=1S/C21H24N2O3S/c1-15-9-10-17-6-3-4-8-21(17)23(15)27(25,26)19-11-12-20-18(14-19)7-5-13-22(20)16(2)24/h3-4,6,8,11-12,14-15H,5,7,9-10,13H2,1-2H3/t15-/m1/s1. The van der Waals surface area contributed by atoms with Gasteiger partial charge in [-0.25, -0.2) is 8.42 Å². The van der Waals surface area contributed by atoms with Crippen molar-refractivity contribution in [1.82, 2.24) is 0 Å². The normalized spacial score (nSPS) is 19.4. The number of aryl methyl sites for hydroxylation is 2. The minimum atomic E-state index is -3.67. The first kappa shape index (κ1) is 18.0. The van der Waals surface area contributed by atoms with E-state index in [4.69, 9.17) is 0 Å². The molecule has 6 heteroatoms. The molecule has 2 aromatic carbocycles. The van der Waals surface area contributed by atoms with Gasteiger partial charge in [-0.15, -0.1) is 0 Å². The number of sulfonamides is 1. The van der Waals surface area contributed by atoms with Gasteiger partial charge in [0.05, 0.1) is 10.6 Å². The number of hydrogen-bond acceptors (Lipinski definition) is 3. The molecule has 2 aliphatic heterocycles. The van der Waals surface area contributed by atoms with Crippen LogP contribution in [0, 0.1) is 0 Å². The Morgan fingerprint density at radius 1 is 1.04 bits per heavy atom. The number of nitrogens with zero attached hydrogens (tertiary/aromatic N) is 2. The number of amides is 1. The summed E-state index contributed by atoms with van der Waals surface area (Å²) in [5.41, 5.74) is 3.61. The largest absolute Gasteiger partial charge is 0.312 e. The fraction of sp³-hybridized carbons (Fsp3) is 0.381. The first-order valence-corrected chi connectivity index (χ1v) is 10.9. The molecule has 0 radical (unpaired) electrons. The summed E-state index contributed by atoms with van der Waals surface area (Å²) in [7, 11) is -3.67. The summed E-state index contributed by atoms with van der Waals surface area (Å²) >= 11 is 0. The Morgan fingerprint density at radius 3 is 2.59 bits per heavy atom. The van der Waals surface area contributed by atoms with Crippen molar-refractivity contribution in [3.05, 3.63) is 53.6 Å². The van der Waals surface area contributed by atoms with Crippen molar-refractivity contribution in [3.8, 4) is 0 Å². The van der Waals surface area contributed by atoms with Gasteiger partial charge in [-0.2, -0.15) is 0 Å². The SMILES string of the molecule is CC(=O)N1CCCc2cc(S(=O)(=O)N3c4ccccc4CC[C@H]3C)ccc21. The predicted molar refractivity (Wildman–Crippen MR) is 107 cm³/mol. The molecule has 0 fully saturated rings. The van der Waals surface area contributed by atoms with Gasteiger partial charge in [-0.05, 0) is 68.0 Å². The van der Waals surface area contributed by atoms with Crippen molar-refractivity contribution in [1.29, 1.82) is 0 Å². The lowest BCUT2D eigenvalue weighted by Crippen LogP contribution is -2.42. The summed E-state index contributed by atoms with van der Waals surface area (Å²) in [5.74, 6) is -0.00913. The number of benzene rings is 2. The van der Waals surface area contributed by atoms with E-state index in [1.54, 1.807) is 34.3 Å². The van der Waals surface area contributed by atoms with Gasteiger partial charge in [0.25, 0.3) is 10.0 Å². The predicted octanol–water partition coefficient (Wildman–Crippen LogP) is 3.52. The van der Waals surface area contributed by atoms with Gasteiger partial charge in [0, 0.05) is 25.2 Å². The van der Waals surface area contributed by atoms with Gasteiger partial charge < -0.3 is 4.90 Å². The molecule has 5 nitrogen and oxygen atoms in total. The van der Waals surface area contributed by atoms with E-state index in [2.05, 4.69) is 0 Å². The van der Waals surface area contributed by atoms with Crippen molar-refractivity contribution < 1.29 is 13.2 Å². The van der Waals surface area contributed by atoms with Crippen LogP contribution in [0.5, 0.6) is 0 Å². The van der Waals surface area contributed by atoms with E-state index >= 15 is 0 Å². The van der Waals surface area contributed by atoms with Crippen molar-refractivity contribution in [3.63, 3.8) is 0 Å². The summed E-state index contributed by atoms with van der Waals surface area (Å²) in [6.07, 6.45) is 3.33. The molecule has 0 aromatic heterocycles. The highest BCUT2D eigenvalue weighted by Crippen LogP contribution is 2.37. The molecular formula is C21H24N2O3S. The van der Waals surface area contributed by atoms with Crippen LogP contribution in [0.2, 0.25) is 0 Å². The number of fused-ring (bicyclic) bond motifs is 2. The van der Waals surface area contributed by atoms with E-state index in [9.17, 15) is 13.2 Å². The maximum atomic E-state index is 13.5. The Kier molecular flexibility index (Phi) is 4.46. The maximum absolute atomic E-state index is 13.5. The van der Waals surface area contributed by atoms with Gasteiger partial charge >= 0.3 is 0 Å². The van der Waals surface area contributed by atoms with Crippen LogP contribution in [0.4, 0.5) is 11.4 Å². The van der Waals surface area contributed by atoms with Gasteiger partial charge in [0.2, 0.25) is 5.91 Å². The van der Waals surface area contributed by atoms with Gasteiger partial charge in [-0.1, -0.05) is 18.2 Å². The van der Waals surface area contributed by atoms with E-state index in [1.165, 1.54) is 0 Å². The molecule has 4 rings (SSSR count). The van der Waals surface area contributed by atoms with Crippen LogP contribution < -0.4 is 9.21 Å². The van der Waals surface area contributed by atoms with Crippen molar-refractivity contribution in [2.75, 3.05) is 15.7 Å². The first-order chi connectivity index (χ1) is 12.9. The van der Waals surface area contributed by atoms with Crippen molar-refractivity contribution in [2.45, 2.75) is 50.5 Å². The highest BCUT2D eigenvalue weighted by Gasteiger charge is 2.34. The van der Waals surface area contributed by atoms with Crippen LogP contribution in [0.15, 0.2) is 47.4 Å². The summed E-state index contributed by atoms with van der Waals surface area (Å²) in [6.45, 7) is 4.19. The molecule has 0 spiro atoms. The third-order valence-corrected chi connectivity index (χ3v) is 7.49. The lowest BCUT2D eigenvalue weighted by atomic mass is 9.99. The molecule has 2 aliphatic rings. The van der Waals surface area contributed by atoms with Crippen molar-refractivity contribution in [2.24, 2.45) is 0 Å². The second-order valence-electron chi connectivity index (χ2n) is 7.38. The van der Waals surface area contributed by atoms with Crippen LogP contribution in [0.3, 0.4) is 0 Å². The molecule has 142 valence electrons. The topological polar surface area (TPSA) is 57.7 Å². The van der Waals surface area contributed by atoms with E-state index in [0.29, 0.717) is 11.4 Å². The molecule has 1 amide bonds. The summed E-state index contributed by atoms with van der Waals surface area (Å²) < 4.78 is 28.6. The molecule has 0 bridgehead atoms. The third kappa shape index (κ3) is 3.02. The fourth-order valence-corrected chi connectivity index (χ4v) is 5.97. The van der Waals surface area contributed by atoms with Gasteiger partial charge in [0.1, 0.15) is 0 Å². The smallest absolute Gasteiger partial charge is 0.264 e. The number of para-hydroxylation sites is 1. The molecule has 2 aromatic rings. The monoisotopic (exact) mass is 384 g/mol. The van der Waals surface area contributed by atoms with Crippen molar-refractivity contribution >= 4 is 27.3 Å². The average Bonchev–Trinajstić information content (AvgIpc) is 2.66. The van der Waals surface area contributed by atoms with Crippen LogP contribution in [-0.2, 0) is 27.7 Å². The van der Waals surface area contributed by atoms with E-state index in [-0.39, 0.29) is 11.9 Å². The number of hydrogen-bond donors (Lipinski definition) is 0. The number of carbonyl (C=O) groups is 1. The minimum absolute atomic E-state index is 0.00913. The zero-order chi connectivity index (χ0) is 19.2. The second kappa shape index (κ2) is 6.68. The quantitative estimate of drug-likeness (QED) is 0.796. The van der Waals surface area contributed by atoms with E-state index in [1.807, 2.05) is 31.2 Å². The first-order valence-electron chi connectivity index (χ1n) is 9.43. The highest BCUT2D eigenvalue weighted by molar-refractivity contribution is 7.92. The molecule has 2 heterocycles. The fourth-order valence-electron chi connectivity index (χ4n) is 4.20. The summed E-state index contributed by atoms with van der Waals surface area (Å²) in [5, 5.41) is 0. The van der Waals surface area contributed by atoms with Gasteiger partial charge in [0.15, 0.2) is 0 Å². The molecule has 0 N–H and O–H groups in total. The molecule has 0 unspecified atom stereocenters. The Morgan fingerprint density at radius 2 is 1.81 bits per heavy atom. The minimum Gasteiger partial charge on any atom is -0.312 e. The van der Waals surface area contributed by atoms with Crippen LogP contribution in [0.1, 0.15) is 37.8 Å². The molecule has 0 saturated carbocycles. The lowest BCUT2D eigenvalue weighted by Gasteiger charge is -2.36. The molecule has 0 saturated heterocycles. The Bertz CT molecular complexity index is 1000. The maximum Gasteiger partial charge on any atom is 0.264 e.